The van der Waals surface area contributed by atoms with Crippen molar-refractivity contribution >= 4 is 49.9 Å². The molecule has 1 aromatic carbocycles. The summed E-state index contributed by atoms with van der Waals surface area (Å²) in [6, 6.07) is 11.9. The second-order valence-electron chi connectivity index (χ2n) is 4.57. The minimum absolute atomic E-state index is 0.269. The van der Waals surface area contributed by atoms with Crippen LogP contribution in [0.4, 0.5) is 17.5 Å². The van der Waals surface area contributed by atoms with Gasteiger partial charge in [0.15, 0.2) is 0 Å². The summed E-state index contributed by atoms with van der Waals surface area (Å²) < 4.78 is 0. The van der Waals surface area contributed by atoms with Crippen LogP contribution in [0.3, 0.4) is 0 Å². The van der Waals surface area contributed by atoms with Crippen LogP contribution in [0, 0.1) is 0 Å². The number of hydrogen-bond acceptors (Lipinski definition) is 6. The molecule has 0 bridgehead atoms. The van der Waals surface area contributed by atoms with E-state index in [1.165, 1.54) is 0 Å². The minimum atomic E-state index is 0.269. The van der Waals surface area contributed by atoms with Crippen LogP contribution < -0.4 is 11.1 Å². The summed E-state index contributed by atoms with van der Waals surface area (Å²) >= 11 is 1.55. The Bertz CT molecular complexity index is 942. The van der Waals surface area contributed by atoms with Crippen molar-refractivity contribution in [3.63, 3.8) is 0 Å². The highest BCUT2D eigenvalue weighted by molar-refractivity contribution is 7.16. The molecule has 4 aromatic rings. The highest BCUT2D eigenvalue weighted by atomic mass is 32.1. The lowest BCUT2D eigenvalue weighted by molar-refractivity contribution is 1.25. The van der Waals surface area contributed by atoms with E-state index in [9.17, 15) is 0 Å². The fourth-order valence-corrected chi connectivity index (χ4v) is 3.08. The van der Waals surface area contributed by atoms with Gasteiger partial charge in [-0.1, -0.05) is 6.07 Å². The van der Waals surface area contributed by atoms with Crippen molar-refractivity contribution in [1.82, 2.24) is 15.0 Å². The van der Waals surface area contributed by atoms with Gasteiger partial charge in [0, 0.05) is 17.3 Å². The molecule has 102 valence electrons. The summed E-state index contributed by atoms with van der Waals surface area (Å²) in [4.78, 5) is 13.8. The van der Waals surface area contributed by atoms with Gasteiger partial charge in [-0.25, -0.2) is 4.98 Å². The number of fused-ring (bicyclic) bond motifs is 2. The van der Waals surface area contributed by atoms with Crippen LogP contribution in [0.1, 0.15) is 0 Å². The third kappa shape index (κ3) is 2.05. The second kappa shape index (κ2) is 4.68. The number of nitrogens with zero attached hydrogens (tertiary/aromatic N) is 3. The molecule has 0 atom stereocenters. The number of aromatic nitrogens is 3. The molecule has 6 heteroatoms. The maximum atomic E-state index is 5.78. The van der Waals surface area contributed by atoms with E-state index in [1.807, 2.05) is 41.8 Å². The Morgan fingerprint density at radius 3 is 2.90 bits per heavy atom. The Morgan fingerprint density at radius 2 is 1.95 bits per heavy atom. The number of nitrogens with one attached hydrogen (secondary N) is 1. The van der Waals surface area contributed by atoms with E-state index in [0.717, 1.165) is 32.6 Å². The SMILES string of the molecule is Nc1nc(Nc2cccc3ncccc23)c2ccsc2n1. The van der Waals surface area contributed by atoms with E-state index in [2.05, 4.69) is 20.3 Å². The molecule has 3 aromatic heterocycles. The molecule has 0 radical (unpaired) electrons. The van der Waals surface area contributed by atoms with Gasteiger partial charge in [-0.3, -0.25) is 4.98 Å². The zero-order valence-corrected chi connectivity index (χ0v) is 11.8. The van der Waals surface area contributed by atoms with Crippen molar-refractivity contribution in [2.45, 2.75) is 0 Å². The molecule has 5 nitrogen and oxygen atoms in total. The Kier molecular flexibility index (Phi) is 2.68. The molecule has 3 heterocycles. The molecule has 0 aliphatic carbocycles. The molecule has 0 aliphatic heterocycles. The molecule has 0 saturated heterocycles. The van der Waals surface area contributed by atoms with E-state index in [-0.39, 0.29) is 5.95 Å². The molecule has 0 saturated carbocycles. The second-order valence-corrected chi connectivity index (χ2v) is 5.47. The highest BCUT2D eigenvalue weighted by Gasteiger charge is 2.09. The van der Waals surface area contributed by atoms with E-state index >= 15 is 0 Å². The first-order chi connectivity index (χ1) is 10.3. The average molecular weight is 293 g/mol. The van der Waals surface area contributed by atoms with Crippen LogP contribution in [0.5, 0.6) is 0 Å². The maximum absolute atomic E-state index is 5.78. The predicted molar refractivity (Wildman–Crippen MR) is 86.9 cm³/mol. The minimum Gasteiger partial charge on any atom is -0.368 e. The summed E-state index contributed by atoms with van der Waals surface area (Å²) in [5.41, 5.74) is 7.67. The summed E-state index contributed by atoms with van der Waals surface area (Å²) in [6.45, 7) is 0. The van der Waals surface area contributed by atoms with Gasteiger partial charge < -0.3 is 11.1 Å². The number of thiophene rings is 1. The first-order valence-electron chi connectivity index (χ1n) is 6.43. The Labute approximate surface area is 124 Å². The smallest absolute Gasteiger partial charge is 0.223 e. The number of anilines is 3. The topological polar surface area (TPSA) is 76.7 Å². The normalized spacial score (nSPS) is 11.0. The summed E-state index contributed by atoms with van der Waals surface area (Å²) in [6.07, 6.45) is 1.78. The van der Waals surface area contributed by atoms with Gasteiger partial charge in [-0.2, -0.15) is 4.98 Å². The van der Waals surface area contributed by atoms with Crippen molar-refractivity contribution in [2.75, 3.05) is 11.1 Å². The van der Waals surface area contributed by atoms with Crippen LogP contribution in [0.25, 0.3) is 21.1 Å². The van der Waals surface area contributed by atoms with Gasteiger partial charge >= 0.3 is 0 Å². The molecular weight excluding hydrogens is 282 g/mol. The van der Waals surface area contributed by atoms with Crippen LogP contribution in [0.15, 0.2) is 48.0 Å². The molecule has 0 aliphatic rings. The van der Waals surface area contributed by atoms with Crippen molar-refractivity contribution in [3.8, 4) is 0 Å². The van der Waals surface area contributed by atoms with Crippen molar-refractivity contribution in [1.29, 1.82) is 0 Å². The monoisotopic (exact) mass is 293 g/mol. The number of nitrogen functional groups attached to an aromatic ring is 1. The molecule has 0 fully saturated rings. The van der Waals surface area contributed by atoms with E-state index in [4.69, 9.17) is 5.73 Å². The number of nitrogens with two attached hydrogens (primary N) is 1. The van der Waals surface area contributed by atoms with E-state index in [1.54, 1.807) is 17.5 Å². The van der Waals surface area contributed by atoms with Gasteiger partial charge in [-0.05, 0) is 35.7 Å². The number of rotatable bonds is 2. The summed E-state index contributed by atoms with van der Waals surface area (Å²) in [5.74, 6) is 0.987. The lowest BCUT2D eigenvalue weighted by atomic mass is 10.2. The van der Waals surface area contributed by atoms with Crippen LogP contribution in [-0.2, 0) is 0 Å². The van der Waals surface area contributed by atoms with Crippen LogP contribution in [-0.4, -0.2) is 15.0 Å². The van der Waals surface area contributed by atoms with Gasteiger partial charge in [0.2, 0.25) is 5.95 Å². The largest absolute Gasteiger partial charge is 0.368 e. The summed E-state index contributed by atoms with van der Waals surface area (Å²) in [7, 11) is 0. The molecule has 0 spiro atoms. The van der Waals surface area contributed by atoms with Crippen LogP contribution >= 0.6 is 11.3 Å². The zero-order valence-electron chi connectivity index (χ0n) is 10.9. The van der Waals surface area contributed by atoms with E-state index < -0.39 is 0 Å². The number of pyridine rings is 1. The third-order valence-electron chi connectivity index (χ3n) is 3.24. The quantitative estimate of drug-likeness (QED) is 0.591. The number of benzene rings is 1. The Hall–Kier alpha value is -2.73. The Morgan fingerprint density at radius 1 is 1.00 bits per heavy atom. The fourth-order valence-electron chi connectivity index (χ4n) is 2.31. The molecule has 3 N–H and O–H groups in total. The lowest BCUT2D eigenvalue weighted by Crippen LogP contribution is -2.00. The van der Waals surface area contributed by atoms with Gasteiger partial charge in [0.05, 0.1) is 10.9 Å². The Balaban J connectivity index is 1.89. The zero-order chi connectivity index (χ0) is 14.2. The predicted octanol–water partition coefficient (Wildman–Crippen LogP) is 3.57. The average Bonchev–Trinajstić information content (AvgIpc) is 2.96. The van der Waals surface area contributed by atoms with Gasteiger partial charge in [0.25, 0.3) is 0 Å². The van der Waals surface area contributed by atoms with Gasteiger partial charge in [0.1, 0.15) is 10.6 Å². The van der Waals surface area contributed by atoms with Crippen molar-refractivity contribution in [2.24, 2.45) is 0 Å². The molecule has 4 rings (SSSR count). The first-order valence-corrected chi connectivity index (χ1v) is 7.31. The lowest BCUT2D eigenvalue weighted by Gasteiger charge is -2.10. The first kappa shape index (κ1) is 12.0. The molecule has 0 amide bonds. The van der Waals surface area contributed by atoms with Crippen LogP contribution in [0.2, 0.25) is 0 Å². The van der Waals surface area contributed by atoms with Crippen molar-refractivity contribution in [3.05, 3.63) is 48.0 Å². The van der Waals surface area contributed by atoms with E-state index in [0.29, 0.717) is 0 Å². The van der Waals surface area contributed by atoms with Gasteiger partial charge in [-0.15, -0.1) is 11.3 Å². The highest BCUT2D eigenvalue weighted by Crippen LogP contribution is 2.30. The third-order valence-corrected chi connectivity index (χ3v) is 4.05. The summed E-state index contributed by atoms with van der Waals surface area (Å²) in [5, 5.41) is 7.34. The standard InChI is InChI=1S/C15H11N5S/c16-15-19-13(10-6-8-21-14(10)20-15)18-12-5-1-4-11-9(12)3-2-7-17-11/h1-8H,(H3,16,18,19,20). The molecule has 0 unspecified atom stereocenters. The molecule has 21 heavy (non-hydrogen) atoms. The van der Waals surface area contributed by atoms with Crippen molar-refractivity contribution < 1.29 is 0 Å². The number of hydrogen-bond donors (Lipinski definition) is 2. The molecular formula is C15H11N5S. The maximum Gasteiger partial charge on any atom is 0.223 e. The fraction of sp³-hybridized carbons (Fsp3) is 0.